The fourth-order valence-electron chi connectivity index (χ4n) is 1.62. The molecule has 19 heavy (non-hydrogen) atoms. The number of nitrogens with zero attached hydrogens (tertiary/aromatic N) is 2. The summed E-state index contributed by atoms with van der Waals surface area (Å²) in [5.41, 5.74) is -0.397. The Balaban J connectivity index is 2.28. The molecule has 1 atom stereocenters. The highest BCUT2D eigenvalue weighted by Gasteiger charge is 2.19. The third-order valence-electron chi connectivity index (χ3n) is 2.59. The summed E-state index contributed by atoms with van der Waals surface area (Å²) in [6, 6.07) is 0.943. The van der Waals surface area contributed by atoms with Crippen LogP contribution in [0.4, 0.5) is 10.2 Å². The van der Waals surface area contributed by atoms with Gasteiger partial charge in [0.05, 0.1) is 6.04 Å². The van der Waals surface area contributed by atoms with Gasteiger partial charge in [-0.3, -0.25) is 0 Å². The van der Waals surface area contributed by atoms with Crippen molar-refractivity contribution < 1.29 is 14.3 Å². The molecule has 2 N–H and O–H groups in total. The molecule has 2 aromatic heterocycles. The molecular weight excluding hydrogens is 269 g/mol. The van der Waals surface area contributed by atoms with Crippen LogP contribution < -0.4 is 5.32 Å². The predicted octanol–water partition coefficient (Wildman–Crippen LogP) is 2.94. The van der Waals surface area contributed by atoms with Crippen LogP contribution in [0.3, 0.4) is 0 Å². The van der Waals surface area contributed by atoms with Crippen LogP contribution in [0.15, 0.2) is 23.8 Å². The predicted molar refractivity (Wildman–Crippen MR) is 69.9 cm³/mol. The zero-order chi connectivity index (χ0) is 13.8. The number of thiazole rings is 1. The first-order valence-electron chi connectivity index (χ1n) is 5.67. The lowest BCUT2D eigenvalue weighted by molar-refractivity contribution is 0.0692. The molecule has 0 spiro atoms. The molecule has 2 aromatic rings. The van der Waals surface area contributed by atoms with Crippen molar-refractivity contribution in [2.75, 3.05) is 5.32 Å². The topological polar surface area (TPSA) is 75.1 Å². The van der Waals surface area contributed by atoms with Crippen molar-refractivity contribution in [1.29, 1.82) is 0 Å². The highest BCUT2D eigenvalue weighted by atomic mass is 32.1. The second kappa shape index (κ2) is 5.75. The molecule has 0 radical (unpaired) electrons. The van der Waals surface area contributed by atoms with Crippen molar-refractivity contribution in [2.45, 2.75) is 19.4 Å². The van der Waals surface area contributed by atoms with Crippen LogP contribution >= 0.6 is 11.3 Å². The molecule has 2 heterocycles. The van der Waals surface area contributed by atoms with E-state index in [1.165, 1.54) is 17.5 Å². The molecular formula is C12H12FN3O2S. The number of aromatic nitrogens is 2. The molecule has 0 aliphatic rings. The molecule has 5 nitrogen and oxygen atoms in total. The number of pyridine rings is 1. The fourth-order valence-corrected chi connectivity index (χ4v) is 2.39. The van der Waals surface area contributed by atoms with Crippen LogP contribution in [0, 0.1) is 5.82 Å². The highest BCUT2D eigenvalue weighted by Crippen LogP contribution is 2.25. The van der Waals surface area contributed by atoms with Crippen molar-refractivity contribution in [3.8, 4) is 0 Å². The second-order valence-electron chi connectivity index (χ2n) is 3.80. The van der Waals surface area contributed by atoms with Crippen LogP contribution in [0.25, 0.3) is 0 Å². The first kappa shape index (κ1) is 13.4. The van der Waals surface area contributed by atoms with Gasteiger partial charge in [-0.1, -0.05) is 6.92 Å². The summed E-state index contributed by atoms with van der Waals surface area (Å²) < 4.78 is 13.9. The maximum absolute atomic E-state index is 13.9. The summed E-state index contributed by atoms with van der Waals surface area (Å²) in [5.74, 6) is -2.24. The molecule has 0 saturated carbocycles. The van der Waals surface area contributed by atoms with Gasteiger partial charge in [0.15, 0.2) is 11.6 Å². The number of carbonyl (C=O) groups is 1. The van der Waals surface area contributed by atoms with Gasteiger partial charge in [-0.25, -0.2) is 19.2 Å². The van der Waals surface area contributed by atoms with E-state index in [-0.39, 0.29) is 11.9 Å². The summed E-state index contributed by atoms with van der Waals surface area (Å²) >= 11 is 1.45. The third kappa shape index (κ3) is 2.87. The zero-order valence-corrected chi connectivity index (χ0v) is 10.9. The lowest BCUT2D eigenvalue weighted by Gasteiger charge is -2.15. The van der Waals surface area contributed by atoms with Crippen LogP contribution in [-0.4, -0.2) is 21.0 Å². The zero-order valence-electron chi connectivity index (χ0n) is 10.1. The number of halogens is 1. The minimum Gasteiger partial charge on any atom is -0.478 e. The van der Waals surface area contributed by atoms with E-state index < -0.39 is 17.3 Å². The smallest absolute Gasteiger partial charge is 0.338 e. The Hall–Kier alpha value is -2.02. The maximum Gasteiger partial charge on any atom is 0.338 e. The lowest BCUT2D eigenvalue weighted by atomic mass is 10.2. The summed E-state index contributed by atoms with van der Waals surface area (Å²) in [6.45, 7) is 1.93. The van der Waals surface area contributed by atoms with E-state index in [0.717, 1.165) is 11.1 Å². The second-order valence-corrected chi connectivity index (χ2v) is 4.73. The van der Waals surface area contributed by atoms with Gasteiger partial charge in [-0.05, 0) is 12.5 Å². The van der Waals surface area contributed by atoms with Gasteiger partial charge in [0.1, 0.15) is 10.6 Å². The minimum atomic E-state index is -1.31. The quantitative estimate of drug-likeness (QED) is 0.881. The maximum atomic E-state index is 13.9. The summed E-state index contributed by atoms with van der Waals surface area (Å²) in [6.07, 6.45) is 3.62. The van der Waals surface area contributed by atoms with Crippen molar-refractivity contribution >= 4 is 23.1 Å². The van der Waals surface area contributed by atoms with Crippen LogP contribution in [-0.2, 0) is 0 Å². The first-order valence-corrected chi connectivity index (χ1v) is 6.55. The minimum absolute atomic E-state index is 0.0676. The molecule has 0 aliphatic heterocycles. The molecule has 0 saturated heterocycles. The average Bonchev–Trinajstić information content (AvgIpc) is 2.91. The standard InChI is InChI=1S/C12H12FN3O2S/c1-2-8(11-15-5-6-19-11)16-10-9(13)7(12(17)18)3-4-14-10/h3-6,8H,2H2,1H3,(H,14,16)(H,17,18). The number of hydrogen-bond donors (Lipinski definition) is 2. The van der Waals surface area contributed by atoms with Gasteiger partial charge < -0.3 is 10.4 Å². The van der Waals surface area contributed by atoms with Crippen LogP contribution in [0.2, 0.25) is 0 Å². The first-order chi connectivity index (χ1) is 9.13. The molecule has 0 aromatic carbocycles. The van der Waals surface area contributed by atoms with Crippen molar-refractivity contribution in [2.24, 2.45) is 0 Å². The Morgan fingerprint density at radius 2 is 2.32 bits per heavy atom. The van der Waals surface area contributed by atoms with Gasteiger partial charge in [-0.2, -0.15) is 0 Å². The van der Waals surface area contributed by atoms with E-state index in [0.29, 0.717) is 6.42 Å². The van der Waals surface area contributed by atoms with Crippen LogP contribution in [0.1, 0.15) is 34.8 Å². The SMILES string of the molecule is CCC(Nc1nccc(C(=O)O)c1F)c1nccs1. The average molecular weight is 281 g/mol. The fraction of sp³-hybridized carbons (Fsp3) is 0.250. The Bertz CT molecular complexity index is 574. The molecule has 7 heteroatoms. The number of carboxylic acids is 1. The van der Waals surface area contributed by atoms with Gasteiger partial charge in [0, 0.05) is 17.8 Å². The molecule has 2 rings (SSSR count). The third-order valence-corrected chi connectivity index (χ3v) is 3.48. The van der Waals surface area contributed by atoms with E-state index in [1.807, 2.05) is 12.3 Å². The van der Waals surface area contributed by atoms with Crippen molar-refractivity contribution in [3.05, 3.63) is 40.2 Å². The highest BCUT2D eigenvalue weighted by molar-refractivity contribution is 7.09. The number of rotatable bonds is 5. The lowest BCUT2D eigenvalue weighted by Crippen LogP contribution is -2.13. The number of anilines is 1. The molecule has 0 aliphatic carbocycles. The molecule has 0 bridgehead atoms. The number of carboxylic acid groups (broad SMARTS) is 1. The van der Waals surface area contributed by atoms with Crippen molar-refractivity contribution in [1.82, 2.24) is 9.97 Å². The van der Waals surface area contributed by atoms with E-state index in [2.05, 4.69) is 15.3 Å². The molecule has 0 fully saturated rings. The molecule has 1 unspecified atom stereocenters. The van der Waals surface area contributed by atoms with E-state index in [9.17, 15) is 9.18 Å². The number of hydrogen-bond acceptors (Lipinski definition) is 5. The van der Waals surface area contributed by atoms with E-state index in [1.54, 1.807) is 6.20 Å². The van der Waals surface area contributed by atoms with Gasteiger partial charge in [0.25, 0.3) is 0 Å². The summed E-state index contributed by atoms with van der Waals surface area (Å²) in [5, 5.41) is 14.4. The Labute approximate surface area is 113 Å². The van der Waals surface area contributed by atoms with Gasteiger partial charge in [-0.15, -0.1) is 11.3 Å². The van der Waals surface area contributed by atoms with E-state index in [4.69, 9.17) is 5.11 Å². The van der Waals surface area contributed by atoms with Crippen molar-refractivity contribution in [3.63, 3.8) is 0 Å². The van der Waals surface area contributed by atoms with E-state index >= 15 is 0 Å². The van der Waals surface area contributed by atoms with Crippen LogP contribution in [0.5, 0.6) is 0 Å². The van der Waals surface area contributed by atoms with Gasteiger partial charge >= 0.3 is 5.97 Å². The number of aromatic carboxylic acids is 1. The molecule has 0 amide bonds. The largest absolute Gasteiger partial charge is 0.478 e. The monoisotopic (exact) mass is 281 g/mol. The Morgan fingerprint density at radius 3 is 2.89 bits per heavy atom. The number of nitrogens with one attached hydrogen (secondary N) is 1. The van der Waals surface area contributed by atoms with Gasteiger partial charge in [0.2, 0.25) is 0 Å². The Morgan fingerprint density at radius 1 is 1.53 bits per heavy atom. The normalized spacial score (nSPS) is 12.1. The summed E-state index contributed by atoms with van der Waals surface area (Å²) in [4.78, 5) is 18.9. The summed E-state index contributed by atoms with van der Waals surface area (Å²) in [7, 11) is 0. The molecule has 100 valence electrons. The Kier molecular flexibility index (Phi) is 4.06.